The molecule has 0 radical (unpaired) electrons. The third-order valence-corrected chi connectivity index (χ3v) is 5.44. The van der Waals surface area contributed by atoms with E-state index in [4.69, 9.17) is 4.74 Å². The summed E-state index contributed by atoms with van der Waals surface area (Å²) in [5.41, 5.74) is 0.445. The number of anilines is 1. The van der Waals surface area contributed by atoms with Gasteiger partial charge in [-0.2, -0.15) is 0 Å². The fourth-order valence-corrected chi connectivity index (χ4v) is 3.09. The quantitative estimate of drug-likeness (QED) is 0.780. The Morgan fingerprint density at radius 2 is 2.15 bits per heavy atom. The summed E-state index contributed by atoms with van der Waals surface area (Å²) in [6.45, 7) is 2.15. The molecule has 112 valence electrons. The second-order valence-corrected chi connectivity index (χ2v) is 8.00. The lowest BCUT2D eigenvalue weighted by Crippen LogP contribution is -2.35. The minimum Gasteiger partial charge on any atom is -0.495 e. The van der Waals surface area contributed by atoms with Crippen LogP contribution in [0.2, 0.25) is 0 Å². The smallest absolute Gasteiger partial charge is 0.236 e. The van der Waals surface area contributed by atoms with E-state index in [1.165, 1.54) is 7.11 Å². The number of hydrogen-bond donors (Lipinski definition) is 2. The molecule has 0 bridgehead atoms. The van der Waals surface area contributed by atoms with Crippen LogP contribution in [0, 0.1) is 0 Å². The standard InChI is InChI=1S/C13H19BrN2O3S/c1-9(8-15-11-4-5-11)20(17,18)16-12-7-10(14)3-6-13(12)19-2/h3,6-7,9,11,15-16H,4-5,8H2,1-2H3. The first-order valence-electron chi connectivity index (χ1n) is 6.51. The van der Waals surface area contributed by atoms with Gasteiger partial charge in [0.25, 0.3) is 0 Å². The summed E-state index contributed by atoms with van der Waals surface area (Å²) >= 11 is 3.33. The molecule has 1 unspecified atom stereocenters. The minimum absolute atomic E-state index is 0.445. The largest absolute Gasteiger partial charge is 0.495 e. The Balaban J connectivity index is 2.07. The molecular weight excluding hydrogens is 344 g/mol. The highest BCUT2D eigenvalue weighted by Crippen LogP contribution is 2.29. The Labute approximate surface area is 128 Å². The molecule has 1 aliphatic carbocycles. The number of nitrogens with one attached hydrogen (secondary N) is 2. The third-order valence-electron chi connectivity index (χ3n) is 3.21. The molecule has 1 atom stereocenters. The molecule has 0 amide bonds. The lowest BCUT2D eigenvalue weighted by molar-refractivity contribution is 0.417. The van der Waals surface area contributed by atoms with Gasteiger partial charge in [0.05, 0.1) is 18.0 Å². The molecule has 5 nitrogen and oxygen atoms in total. The topological polar surface area (TPSA) is 67.4 Å². The number of methoxy groups -OCH3 is 1. The molecule has 2 N–H and O–H groups in total. The Kier molecular flexibility index (Phi) is 4.93. The molecule has 20 heavy (non-hydrogen) atoms. The predicted octanol–water partition coefficient (Wildman–Crippen LogP) is 2.34. The lowest BCUT2D eigenvalue weighted by Gasteiger charge is -2.17. The van der Waals surface area contributed by atoms with Gasteiger partial charge >= 0.3 is 0 Å². The van der Waals surface area contributed by atoms with Gasteiger partial charge in [-0.25, -0.2) is 8.42 Å². The lowest BCUT2D eigenvalue weighted by atomic mass is 10.3. The summed E-state index contributed by atoms with van der Waals surface area (Å²) in [5.74, 6) is 0.499. The van der Waals surface area contributed by atoms with Crippen LogP contribution in [0.4, 0.5) is 5.69 Å². The minimum atomic E-state index is -3.44. The Hall–Kier alpha value is -0.790. The van der Waals surface area contributed by atoms with Gasteiger partial charge in [0.1, 0.15) is 5.75 Å². The van der Waals surface area contributed by atoms with Crippen molar-refractivity contribution in [2.45, 2.75) is 31.1 Å². The van der Waals surface area contributed by atoms with E-state index in [-0.39, 0.29) is 0 Å². The van der Waals surface area contributed by atoms with Crippen LogP contribution in [-0.4, -0.2) is 33.4 Å². The van der Waals surface area contributed by atoms with Crippen molar-refractivity contribution in [1.82, 2.24) is 5.32 Å². The fraction of sp³-hybridized carbons (Fsp3) is 0.538. The average molecular weight is 363 g/mol. The maximum Gasteiger partial charge on any atom is 0.236 e. The van der Waals surface area contributed by atoms with Crippen LogP contribution < -0.4 is 14.8 Å². The molecular formula is C13H19BrN2O3S. The Morgan fingerprint density at radius 1 is 1.45 bits per heavy atom. The normalized spacial score (nSPS) is 16.8. The van der Waals surface area contributed by atoms with Crippen LogP contribution in [0.5, 0.6) is 5.75 Å². The Bertz CT molecular complexity index is 573. The summed E-state index contributed by atoms with van der Waals surface area (Å²) in [4.78, 5) is 0. The molecule has 0 heterocycles. The number of benzene rings is 1. The monoisotopic (exact) mass is 362 g/mol. The van der Waals surface area contributed by atoms with Gasteiger partial charge < -0.3 is 10.1 Å². The zero-order valence-corrected chi connectivity index (χ0v) is 13.9. The van der Waals surface area contributed by atoms with Crippen molar-refractivity contribution in [3.05, 3.63) is 22.7 Å². The first kappa shape index (κ1) is 15.6. The van der Waals surface area contributed by atoms with Gasteiger partial charge in [0.15, 0.2) is 0 Å². The van der Waals surface area contributed by atoms with Crippen molar-refractivity contribution in [2.75, 3.05) is 18.4 Å². The van der Waals surface area contributed by atoms with Crippen molar-refractivity contribution < 1.29 is 13.2 Å². The molecule has 1 aliphatic rings. The second kappa shape index (κ2) is 6.32. The highest BCUT2D eigenvalue weighted by molar-refractivity contribution is 9.10. The van der Waals surface area contributed by atoms with E-state index in [9.17, 15) is 8.42 Å². The average Bonchev–Trinajstić information content (AvgIpc) is 3.19. The number of rotatable bonds is 7. The summed E-state index contributed by atoms with van der Waals surface area (Å²) in [6.07, 6.45) is 2.28. The molecule has 1 aromatic carbocycles. The van der Waals surface area contributed by atoms with E-state index in [1.54, 1.807) is 25.1 Å². The predicted molar refractivity (Wildman–Crippen MR) is 83.7 cm³/mol. The molecule has 0 aliphatic heterocycles. The molecule has 0 aromatic heterocycles. The van der Waals surface area contributed by atoms with E-state index < -0.39 is 15.3 Å². The summed E-state index contributed by atoms with van der Waals surface area (Å²) in [6, 6.07) is 5.70. The van der Waals surface area contributed by atoms with Crippen molar-refractivity contribution in [3.8, 4) is 5.75 Å². The van der Waals surface area contributed by atoms with Crippen LogP contribution in [0.3, 0.4) is 0 Å². The van der Waals surface area contributed by atoms with E-state index in [0.717, 1.165) is 17.3 Å². The first-order valence-corrected chi connectivity index (χ1v) is 8.85. The van der Waals surface area contributed by atoms with Crippen molar-refractivity contribution in [2.24, 2.45) is 0 Å². The zero-order valence-electron chi connectivity index (χ0n) is 11.5. The van der Waals surface area contributed by atoms with Gasteiger partial charge in [0.2, 0.25) is 10.0 Å². The van der Waals surface area contributed by atoms with E-state index >= 15 is 0 Å². The number of ether oxygens (including phenoxy) is 1. The van der Waals surface area contributed by atoms with Crippen LogP contribution in [0.25, 0.3) is 0 Å². The van der Waals surface area contributed by atoms with Crippen molar-refractivity contribution >= 4 is 31.6 Å². The fourth-order valence-electron chi connectivity index (χ4n) is 1.74. The maximum atomic E-state index is 12.3. The van der Waals surface area contributed by atoms with Crippen LogP contribution >= 0.6 is 15.9 Å². The van der Waals surface area contributed by atoms with E-state index in [2.05, 4.69) is 26.0 Å². The molecule has 7 heteroatoms. The molecule has 1 fully saturated rings. The molecule has 2 rings (SSSR count). The first-order chi connectivity index (χ1) is 9.42. The zero-order chi connectivity index (χ0) is 14.8. The van der Waals surface area contributed by atoms with Gasteiger partial charge in [0, 0.05) is 17.1 Å². The highest BCUT2D eigenvalue weighted by Gasteiger charge is 2.26. The van der Waals surface area contributed by atoms with E-state index in [1.807, 2.05) is 0 Å². The highest BCUT2D eigenvalue weighted by atomic mass is 79.9. The summed E-state index contributed by atoms with van der Waals surface area (Å²) < 4.78 is 33.1. The van der Waals surface area contributed by atoms with Gasteiger partial charge in [-0.15, -0.1) is 0 Å². The summed E-state index contributed by atoms with van der Waals surface area (Å²) in [5, 5.41) is 2.72. The molecule has 1 aromatic rings. The molecule has 0 saturated heterocycles. The van der Waals surface area contributed by atoms with Crippen LogP contribution in [0.15, 0.2) is 22.7 Å². The third kappa shape index (κ3) is 4.10. The second-order valence-electron chi connectivity index (χ2n) is 4.98. The van der Waals surface area contributed by atoms with Gasteiger partial charge in [-0.1, -0.05) is 15.9 Å². The SMILES string of the molecule is COc1ccc(Br)cc1NS(=O)(=O)C(C)CNC1CC1. The number of sulfonamides is 1. The number of halogens is 1. The van der Waals surface area contributed by atoms with Gasteiger partial charge in [-0.05, 0) is 38.0 Å². The Morgan fingerprint density at radius 3 is 2.75 bits per heavy atom. The van der Waals surface area contributed by atoms with Crippen LogP contribution in [-0.2, 0) is 10.0 Å². The maximum absolute atomic E-state index is 12.3. The number of hydrogen-bond acceptors (Lipinski definition) is 4. The molecule has 1 saturated carbocycles. The van der Waals surface area contributed by atoms with Crippen molar-refractivity contribution in [1.29, 1.82) is 0 Å². The summed E-state index contributed by atoms with van der Waals surface area (Å²) in [7, 11) is -1.93. The van der Waals surface area contributed by atoms with Gasteiger partial charge in [-0.3, -0.25) is 4.72 Å². The molecule has 0 spiro atoms. The van der Waals surface area contributed by atoms with E-state index in [0.29, 0.717) is 24.0 Å². The van der Waals surface area contributed by atoms with Crippen LogP contribution in [0.1, 0.15) is 19.8 Å². The van der Waals surface area contributed by atoms with Crippen molar-refractivity contribution in [3.63, 3.8) is 0 Å².